The monoisotopic (exact) mass is 394 g/mol. The largest absolute Gasteiger partial charge is 0.369 e. The quantitative estimate of drug-likeness (QED) is 0.673. The average Bonchev–Trinajstić information content (AvgIpc) is 2.75. The van der Waals surface area contributed by atoms with Crippen LogP contribution in [0.15, 0.2) is 60.9 Å². The van der Waals surface area contributed by atoms with Gasteiger partial charge < -0.3 is 15.4 Å². The summed E-state index contributed by atoms with van der Waals surface area (Å²) in [4.78, 5) is 20.3. The average molecular weight is 395 g/mol. The lowest BCUT2D eigenvalue weighted by molar-refractivity contribution is -0.110. The first-order valence-electron chi connectivity index (χ1n) is 9.45. The maximum absolute atomic E-state index is 11.4. The molecule has 3 aromatic rings. The number of piperazine rings is 1. The van der Waals surface area contributed by atoms with Gasteiger partial charge in [0.15, 0.2) is 0 Å². The molecule has 0 spiro atoms. The van der Waals surface area contributed by atoms with E-state index in [4.69, 9.17) is 17.3 Å². The van der Waals surface area contributed by atoms with Crippen LogP contribution in [0.5, 0.6) is 0 Å². The van der Waals surface area contributed by atoms with Crippen molar-refractivity contribution in [3.8, 4) is 0 Å². The van der Waals surface area contributed by atoms with Gasteiger partial charge in [0.2, 0.25) is 0 Å². The van der Waals surface area contributed by atoms with Crippen molar-refractivity contribution in [3.63, 3.8) is 0 Å². The predicted molar refractivity (Wildman–Crippen MR) is 114 cm³/mol. The van der Waals surface area contributed by atoms with Crippen LogP contribution < -0.4 is 10.6 Å². The molecule has 2 N–H and O–H groups in total. The smallest absolute Gasteiger partial charge is 0.138 e. The molecule has 6 heteroatoms. The lowest BCUT2D eigenvalue weighted by Crippen LogP contribution is -2.51. The molecular formula is C22H23ClN4O. The Hall–Kier alpha value is -2.47. The fraction of sp³-hybridized carbons (Fsp3) is 0.273. The first-order chi connectivity index (χ1) is 13.7. The van der Waals surface area contributed by atoms with E-state index in [9.17, 15) is 4.79 Å². The summed E-state index contributed by atoms with van der Waals surface area (Å²) in [5.41, 5.74) is 8.40. The van der Waals surface area contributed by atoms with Crippen LogP contribution in [0.25, 0.3) is 10.8 Å². The predicted octanol–water partition coefficient (Wildman–Crippen LogP) is 3.28. The van der Waals surface area contributed by atoms with Crippen LogP contribution in [0.4, 0.5) is 5.69 Å². The SMILES string of the molecule is N[C@@H](C=O)C(c1ccc(Cl)cc1)N1CCN(c2ccc3cnccc3c2)CC1. The van der Waals surface area contributed by atoms with Crippen LogP contribution in [-0.4, -0.2) is 48.4 Å². The molecule has 1 fully saturated rings. The molecular weight excluding hydrogens is 372 g/mol. The number of nitrogens with zero attached hydrogens (tertiary/aromatic N) is 3. The highest BCUT2D eigenvalue weighted by atomic mass is 35.5. The Morgan fingerprint density at radius 2 is 1.75 bits per heavy atom. The summed E-state index contributed by atoms with van der Waals surface area (Å²) in [5.74, 6) is 0. The van der Waals surface area contributed by atoms with E-state index in [0.29, 0.717) is 5.02 Å². The number of hydrogen-bond donors (Lipinski definition) is 1. The molecule has 2 atom stereocenters. The molecule has 0 amide bonds. The number of benzene rings is 2. The van der Waals surface area contributed by atoms with Crippen molar-refractivity contribution in [2.75, 3.05) is 31.1 Å². The van der Waals surface area contributed by atoms with Gasteiger partial charge in [0.25, 0.3) is 0 Å². The Morgan fingerprint density at radius 1 is 1.00 bits per heavy atom. The van der Waals surface area contributed by atoms with E-state index >= 15 is 0 Å². The highest BCUT2D eigenvalue weighted by Gasteiger charge is 2.29. The van der Waals surface area contributed by atoms with E-state index in [0.717, 1.165) is 43.4 Å². The number of aldehydes is 1. The lowest BCUT2D eigenvalue weighted by atomic mass is 9.98. The zero-order valence-corrected chi connectivity index (χ0v) is 16.3. The number of anilines is 1. The Balaban J connectivity index is 1.50. The number of pyridine rings is 1. The van der Waals surface area contributed by atoms with Gasteiger partial charge in [-0.05, 0) is 41.3 Å². The molecule has 1 aliphatic rings. The number of halogens is 1. The Kier molecular flexibility index (Phi) is 5.57. The fourth-order valence-electron chi connectivity index (χ4n) is 3.94. The minimum absolute atomic E-state index is 0.139. The normalized spacial score (nSPS) is 17.4. The first-order valence-corrected chi connectivity index (χ1v) is 9.82. The van der Waals surface area contributed by atoms with Crippen molar-refractivity contribution >= 4 is 34.3 Å². The molecule has 1 unspecified atom stereocenters. The minimum Gasteiger partial charge on any atom is -0.369 e. The van der Waals surface area contributed by atoms with E-state index in [-0.39, 0.29) is 6.04 Å². The molecule has 0 bridgehead atoms. The highest BCUT2D eigenvalue weighted by molar-refractivity contribution is 6.30. The van der Waals surface area contributed by atoms with Crippen LogP contribution in [0.3, 0.4) is 0 Å². The number of carbonyl (C=O) groups is 1. The van der Waals surface area contributed by atoms with Crippen LogP contribution in [0.1, 0.15) is 11.6 Å². The van der Waals surface area contributed by atoms with Crippen LogP contribution >= 0.6 is 11.6 Å². The summed E-state index contributed by atoms with van der Waals surface area (Å²) in [6.07, 6.45) is 4.54. The second-order valence-corrected chi connectivity index (χ2v) is 7.58. The van der Waals surface area contributed by atoms with E-state index in [2.05, 4.69) is 33.0 Å². The van der Waals surface area contributed by atoms with Crippen LogP contribution in [0, 0.1) is 0 Å². The van der Waals surface area contributed by atoms with Gasteiger partial charge in [0.1, 0.15) is 6.29 Å². The molecule has 2 aromatic carbocycles. The lowest BCUT2D eigenvalue weighted by Gasteiger charge is -2.41. The number of nitrogens with two attached hydrogens (primary N) is 1. The van der Waals surface area contributed by atoms with Gasteiger partial charge in [-0.15, -0.1) is 0 Å². The van der Waals surface area contributed by atoms with Gasteiger partial charge in [-0.2, -0.15) is 0 Å². The van der Waals surface area contributed by atoms with Crippen molar-refractivity contribution in [1.29, 1.82) is 0 Å². The summed E-state index contributed by atoms with van der Waals surface area (Å²) in [7, 11) is 0. The number of fused-ring (bicyclic) bond motifs is 1. The molecule has 1 aliphatic heterocycles. The number of rotatable bonds is 5. The third kappa shape index (κ3) is 3.87. The topological polar surface area (TPSA) is 62.5 Å². The van der Waals surface area contributed by atoms with Gasteiger partial charge >= 0.3 is 0 Å². The van der Waals surface area contributed by atoms with E-state index in [1.54, 1.807) is 0 Å². The van der Waals surface area contributed by atoms with Crippen molar-refractivity contribution in [3.05, 3.63) is 71.5 Å². The number of carbonyl (C=O) groups excluding carboxylic acids is 1. The van der Waals surface area contributed by atoms with Gasteiger partial charge in [0.05, 0.1) is 12.1 Å². The minimum atomic E-state index is -0.569. The summed E-state index contributed by atoms with van der Waals surface area (Å²) in [6, 6.07) is 15.4. The number of hydrogen-bond acceptors (Lipinski definition) is 5. The maximum Gasteiger partial charge on any atom is 0.138 e. The maximum atomic E-state index is 11.4. The van der Waals surface area contributed by atoms with Crippen molar-refractivity contribution in [2.24, 2.45) is 5.73 Å². The molecule has 144 valence electrons. The van der Waals surface area contributed by atoms with Crippen molar-refractivity contribution < 1.29 is 4.79 Å². The summed E-state index contributed by atoms with van der Waals surface area (Å²) >= 11 is 6.02. The van der Waals surface area contributed by atoms with Gasteiger partial charge in [0, 0.05) is 54.7 Å². The third-order valence-corrected chi connectivity index (χ3v) is 5.68. The van der Waals surface area contributed by atoms with E-state index in [1.165, 1.54) is 11.1 Å². The molecule has 28 heavy (non-hydrogen) atoms. The fourth-order valence-corrected chi connectivity index (χ4v) is 4.06. The van der Waals surface area contributed by atoms with Gasteiger partial charge in [-0.25, -0.2) is 0 Å². The van der Waals surface area contributed by atoms with E-state index in [1.807, 2.05) is 42.7 Å². The third-order valence-electron chi connectivity index (χ3n) is 5.43. The molecule has 5 nitrogen and oxygen atoms in total. The Morgan fingerprint density at radius 3 is 2.46 bits per heavy atom. The molecule has 0 aliphatic carbocycles. The first kappa shape index (κ1) is 18.9. The molecule has 1 saturated heterocycles. The van der Waals surface area contributed by atoms with Crippen LogP contribution in [0.2, 0.25) is 5.02 Å². The van der Waals surface area contributed by atoms with Crippen molar-refractivity contribution in [2.45, 2.75) is 12.1 Å². The van der Waals surface area contributed by atoms with Gasteiger partial charge in [-0.1, -0.05) is 29.8 Å². The number of aromatic nitrogens is 1. The highest BCUT2D eigenvalue weighted by Crippen LogP contribution is 2.28. The summed E-state index contributed by atoms with van der Waals surface area (Å²) in [5, 5.41) is 3.01. The zero-order valence-electron chi connectivity index (χ0n) is 15.5. The summed E-state index contributed by atoms with van der Waals surface area (Å²) < 4.78 is 0. The Labute approximate surface area is 169 Å². The molecule has 2 heterocycles. The Bertz CT molecular complexity index is 954. The molecule has 1 aromatic heterocycles. The van der Waals surface area contributed by atoms with Gasteiger partial charge in [-0.3, -0.25) is 9.88 Å². The second-order valence-electron chi connectivity index (χ2n) is 7.14. The van der Waals surface area contributed by atoms with Crippen LogP contribution in [-0.2, 0) is 4.79 Å². The molecule has 4 rings (SSSR count). The summed E-state index contributed by atoms with van der Waals surface area (Å²) in [6.45, 7) is 3.44. The van der Waals surface area contributed by atoms with Crippen molar-refractivity contribution in [1.82, 2.24) is 9.88 Å². The molecule has 0 saturated carbocycles. The van der Waals surface area contributed by atoms with E-state index < -0.39 is 6.04 Å². The molecule has 0 radical (unpaired) electrons. The second kappa shape index (κ2) is 8.27. The zero-order chi connectivity index (χ0) is 19.5. The standard InChI is InChI=1S/C22H23ClN4O/c23-19-4-1-16(2-5-19)22(21(24)15-28)27-11-9-26(10-12-27)20-6-3-18-14-25-8-7-17(18)13-20/h1-8,13-15,21-22H,9-12,24H2/t21-,22?/m0/s1.